The molecule has 27 heavy (non-hydrogen) atoms. The molecule has 4 rings (SSSR count). The summed E-state index contributed by atoms with van der Waals surface area (Å²) in [5.41, 5.74) is 1.72. The van der Waals surface area contributed by atoms with E-state index < -0.39 is 10.0 Å². The van der Waals surface area contributed by atoms with Gasteiger partial charge in [-0.05, 0) is 31.2 Å². The number of anilines is 1. The molecule has 3 heterocycles. The van der Waals surface area contributed by atoms with E-state index in [1.807, 2.05) is 13.1 Å². The van der Waals surface area contributed by atoms with E-state index in [1.165, 1.54) is 11.2 Å². The number of carbonyl (C=O) groups excluding carboxylic acids is 1. The average molecular weight is 389 g/mol. The van der Waals surface area contributed by atoms with Crippen molar-refractivity contribution in [2.24, 2.45) is 0 Å². The number of likely N-dealkylation sites (N-methyl/N-ethyl adjacent to an activating group) is 1. The van der Waals surface area contributed by atoms with Crippen LogP contribution in [0, 0.1) is 0 Å². The van der Waals surface area contributed by atoms with Crippen LogP contribution in [0.3, 0.4) is 0 Å². The Hall–Kier alpha value is -2.23. The molecule has 0 aliphatic carbocycles. The van der Waals surface area contributed by atoms with E-state index in [9.17, 15) is 13.2 Å². The number of fused-ring (bicyclic) bond motifs is 1. The summed E-state index contributed by atoms with van der Waals surface area (Å²) in [5, 5.41) is 0. The number of H-pyrrole nitrogens is 1. The van der Waals surface area contributed by atoms with Crippen LogP contribution < -0.4 is 4.90 Å². The highest BCUT2D eigenvalue weighted by Gasteiger charge is 2.35. The number of amides is 1. The summed E-state index contributed by atoms with van der Waals surface area (Å²) in [6, 6.07) is 4.99. The molecule has 1 fully saturated rings. The van der Waals surface area contributed by atoms with Crippen LogP contribution in [0.2, 0.25) is 0 Å². The van der Waals surface area contributed by atoms with Crippen molar-refractivity contribution in [1.82, 2.24) is 19.2 Å². The van der Waals surface area contributed by atoms with Gasteiger partial charge in [-0.3, -0.25) is 9.69 Å². The van der Waals surface area contributed by atoms with Crippen LogP contribution in [0.5, 0.6) is 0 Å². The fourth-order valence-corrected chi connectivity index (χ4v) is 5.28. The smallest absolute Gasteiger partial charge is 0.243 e. The van der Waals surface area contributed by atoms with Crippen molar-refractivity contribution in [2.45, 2.75) is 24.3 Å². The average Bonchev–Trinajstić information content (AvgIpc) is 3.31. The molecule has 1 amide bonds. The van der Waals surface area contributed by atoms with Crippen LogP contribution in [-0.2, 0) is 21.2 Å². The van der Waals surface area contributed by atoms with E-state index in [0.29, 0.717) is 31.9 Å². The molecule has 1 atom stereocenters. The molecule has 9 heteroatoms. The number of aromatic nitrogens is 2. The Labute approximate surface area is 158 Å². The second-order valence-electron chi connectivity index (χ2n) is 7.05. The van der Waals surface area contributed by atoms with Crippen molar-refractivity contribution in [2.75, 3.05) is 38.1 Å². The molecule has 1 saturated heterocycles. The van der Waals surface area contributed by atoms with Crippen LogP contribution >= 0.6 is 0 Å². The van der Waals surface area contributed by atoms with Crippen molar-refractivity contribution in [1.29, 1.82) is 0 Å². The zero-order chi connectivity index (χ0) is 19.2. The normalized spacial score (nSPS) is 21.4. The second kappa shape index (κ2) is 6.74. The Bertz CT molecular complexity index is 957. The lowest BCUT2D eigenvalue weighted by molar-refractivity contribution is -0.116. The van der Waals surface area contributed by atoms with E-state index in [4.69, 9.17) is 0 Å². The standard InChI is InChI=1S/C18H23N5O3S/c1-13(24)23-8-5-14-3-4-15(11-16(14)23)27(25,26)22-10-9-21(2)17(12-22)18-19-6-7-20-18/h3-4,6-7,11,17H,5,8-10,12H2,1-2H3,(H,19,20)/t17-/m1/s1. The highest BCUT2D eigenvalue weighted by Crippen LogP contribution is 2.33. The topological polar surface area (TPSA) is 89.6 Å². The number of hydrogen-bond donors (Lipinski definition) is 1. The minimum Gasteiger partial charge on any atom is -0.347 e. The number of benzene rings is 1. The summed E-state index contributed by atoms with van der Waals surface area (Å²) in [4.78, 5) is 23.2. The van der Waals surface area contributed by atoms with Gasteiger partial charge in [0.25, 0.3) is 0 Å². The number of carbonyl (C=O) groups is 1. The number of imidazole rings is 1. The fraction of sp³-hybridized carbons (Fsp3) is 0.444. The maximum absolute atomic E-state index is 13.3. The van der Waals surface area contributed by atoms with E-state index in [2.05, 4.69) is 14.9 Å². The van der Waals surface area contributed by atoms with Crippen LogP contribution in [-0.4, -0.2) is 66.7 Å². The Morgan fingerprint density at radius 1 is 1.26 bits per heavy atom. The van der Waals surface area contributed by atoms with E-state index in [1.54, 1.807) is 29.4 Å². The Kier molecular flexibility index (Phi) is 4.53. The molecule has 8 nitrogen and oxygen atoms in total. The number of aromatic amines is 1. The molecule has 2 aliphatic rings. The molecular formula is C18H23N5O3S. The summed E-state index contributed by atoms with van der Waals surface area (Å²) in [6.07, 6.45) is 4.17. The third-order valence-electron chi connectivity index (χ3n) is 5.42. The molecule has 0 bridgehead atoms. The van der Waals surface area contributed by atoms with Gasteiger partial charge < -0.3 is 9.88 Å². The number of nitrogens with one attached hydrogen (secondary N) is 1. The first kappa shape index (κ1) is 18.1. The molecule has 2 aromatic rings. The summed E-state index contributed by atoms with van der Waals surface area (Å²) < 4.78 is 28.0. The molecule has 0 unspecified atom stereocenters. The largest absolute Gasteiger partial charge is 0.347 e. The predicted molar refractivity (Wildman–Crippen MR) is 101 cm³/mol. The Morgan fingerprint density at radius 2 is 2.07 bits per heavy atom. The molecule has 2 aliphatic heterocycles. The SMILES string of the molecule is CC(=O)N1CCc2ccc(S(=O)(=O)N3CCN(C)[C@@H](c4ncc[nH]4)C3)cc21. The van der Waals surface area contributed by atoms with E-state index in [-0.39, 0.29) is 16.8 Å². The second-order valence-corrected chi connectivity index (χ2v) is 8.98. The number of sulfonamides is 1. The van der Waals surface area contributed by atoms with Crippen molar-refractivity contribution in [3.8, 4) is 0 Å². The molecule has 1 aromatic carbocycles. The van der Waals surface area contributed by atoms with Gasteiger partial charge in [0.15, 0.2) is 0 Å². The van der Waals surface area contributed by atoms with E-state index in [0.717, 1.165) is 17.8 Å². The van der Waals surface area contributed by atoms with Gasteiger partial charge in [-0.15, -0.1) is 0 Å². The van der Waals surface area contributed by atoms with Crippen LogP contribution in [0.25, 0.3) is 0 Å². The molecule has 144 valence electrons. The minimum absolute atomic E-state index is 0.0687. The van der Waals surface area contributed by atoms with Gasteiger partial charge in [0.1, 0.15) is 5.82 Å². The minimum atomic E-state index is -3.65. The van der Waals surface area contributed by atoms with Crippen LogP contribution in [0.1, 0.15) is 24.4 Å². The Balaban J connectivity index is 1.64. The van der Waals surface area contributed by atoms with Gasteiger partial charge >= 0.3 is 0 Å². The summed E-state index contributed by atoms with van der Waals surface area (Å²) in [7, 11) is -1.68. The third-order valence-corrected chi connectivity index (χ3v) is 7.28. The van der Waals surface area contributed by atoms with Crippen LogP contribution in [0.15, 0.2) is 35.5 Å². The number of hydrogen-bond acceptors (Lipinski definition) is 5. The summed E-state index contributed by atoms with van der Waals surface area (Å²) in [6.45, 7) is 3.48. The van der Waals surface area contributed by atoms with Gasteiger partial charge in [-0.25, -0.2) is 13.4 Å². The van der Waals surface area contributed by atoms with Gasteiger partial charge in [0.2, 0.25) is 15.9 Å². The summed E-state index contributed by atoms with van der Waals surface area (Å²) >= 11 is 0. The lowest BCUT2D eigenvalue weighted by atomic mass is 10.2. The molecular weight excluding hydrogens is 366 g/mol. The van der Waals surface area contributed by atoms with Crippen molar-refractivity contribution >= 4 is 21.6 Å². The lowest BCUT2D eigenvalue weighted by Crippen LogP contribution is -2.49. The summed E-state index contributed by atoms with van der Waals surface area (Å²) in [5.74, 6) is 0.690. The highest BCUT2D eigenvalue weighted by atomic mass is 32.2. The predicted octanol–water partition coefficient (Wildman–Crippen LogP) is 0.996. The zero-order valence-electron chi connectivity index (χ0n) is 15.4. The van der Waals surface area contributed by atoms with Crippen LogP contribution in [0.4, 0.5) is 5.69 Å². The third kappa shape index (κ3) is 3.15. The lowest BCUT2D eigenvalue weighted by Gasteiger charge is -2.37. The zero-order valence-corrected chi connectivity index (χ0v) is 16.2. The highest BCUT2D eigenvalue weighted by molar-refractivity contribution is 7.89. The number of piperazine rings is 1. The first-order valence-corrected chi connectivity index (χ1v) is 10.4. The fourth-order valence-electron chi connectivity index (χ4n) is 3.82. The molecule has 0 saturated carbocycles. The monoisotopic (exact) mass is 389 g/mol. The van der Waals surface area contributed by atoms with E-state index >= 15 is 0 Å². The molecule has 1 aromatic heterocycles. The number of rotatable bonds is 3. The number of nitrogens with zero attached hydrogens (tertiary/aromatic N) is 4. The quantitative estimate of drug-likeness (QED) is 0.846. The maximum atomic E-state index is 13.3. The van der Waals surface area contributed by atoms with Crippen molar-refractivity contribution in [3.63, 3.8) is 0 Å². The van der Waals surface area contributed by atoms with Gasteiger partial charge in [0.05, 0.1) is 10.9 Å². The first-order valence-electron chi connectivity index (χ1n) is 8.98. The Morgan fingerprint density at radius 3 is 2.78 bits per heavy atom. The van der Waals surface area contributed by atoms with Gasteiger partial charge in [-0.2, -0.15) is 4.31 Å². The molecule has 0 radical (unpaired) electrons. The molecule has 1 N–H and O–H groups in total. The van der Waals surface area contributed by atoms with Crippen molar-refractivity contribution < 1.29 is 13.2 Å². The first-order chi connectivity index (χ1) is 12.9. The maximum Gasteiger partial charge on any atom is 0.243 e. The van der Waals surface area contributed by atoms with Gasteiger partial charge in [-0.1, -0.05) is 6.07 Å². The molecule has 0 spiro atoms. The van der Waals surface area contributed by atoms with Gasteiger partial charge in [0, 0.05) is 51.2 Å². The van der Waals surface area contributed by atoms with Crippen molar-refractivity contribution in [3.05, 3.63) is 42.0 Å².